The van der Waals surface area contributed by atoms with E-state index in [9.17, 15) is 0 Å². The van der Waals surface area contributed by atoms with Crippen LogP contribution < -0.4 is 10.1 Å². The summed E-state index contributed by atoms with van der Waals surface area (Å²) in [6.07, 6.45) is 3.40. The van der Waals surface area contributed by atoms with Gasteiger partial charge in [-0.1, -0.05) is 19.9 Å². The molecule has 21 heavy (non-hydrogen) atoms. The third kappa shape index (κ3) is 2.47. The molecule has 1 fully saturated rings. The molecule has 3 nitrogen and oxygen atoms in total. The lowest BCUT2D eigenvalue weighted by atomic mass is 9.76. The van der Waals surface area contributed by atoms with Crippen molar-refractivity contribution in [1.29, 1.82) is 0 Å². The van der Waals surface area contributed by atoms with Crippen molar-refractivity contribution in [3.8, 4) is 5.75 Å². The Morgan fingerprint density at radius 1 is 1.29 bits per heavy atom. The summed E-state index contributed by atoms with van der Waals surface area (Å²) >= 11 is 0. The van der Waals surface area contributed by atoms with E-state index in [0.29, 0.717) is 5.92 Å². The van der Waals surface area contributed by atoms with Crippen molar-refractivity contribution in [2.45, 2.75) is 51.2 Å². The maximum absolute atomic E-state index is 6.76. The first-order valence-corrected chi connectivity index (χ1v) is 8.07. The van der Waals surface area contributed by atoms with Crippen LogP contribution in [0.5, 0.6) is 5.75 Å². The molecule has 0 radical (unpaired) electrons. The normalized spacial score (nSPS) is 32.2. The molecule has 116 valence electrons. The van der Waals surface area contributed by atoms with E-state index in [2.05, 4.69) is 44.3 Å². The summed E-state index contributed by atoms with van der Waals surface area (Å²) in [6, 6.07) is 6.46. The fourth-order valence-corrected chi connectivity index (χ4v) is 3.69. The predicted molar refractivity (Wildman–Crippen MR) is 84.8 cm³/mol. The predicted octanol–water partition coefficient (Wildman–Crippen LogP) is 3.26. The summed E-state index contributed by atoms with van der Waals surface area (Å²) in [7, 11) is 1.73. The minimum absolute atomic E-state index is 0.104. The summed E-state index contributed by atoms with van der Waals surface area (Å²) in [6.45, 7) is 8.58. The SMILES string of the molecule is COc1ccc2c(c1)CCCC21CNCC(C)(C(C)C)O1. The summed E-state index contributed by atoms with van der Waals surface area (Å²) in [4.78, 5) is 0. The standard InChI is InChI=1S/C18H27NO2/c1-13(2)17(3)11-19-12-18(21-17)9-5-6-14-10-15(20-4)7-8-16(14)18/h7-8,10,13,19H,5-6,9,11-12H2,1-4H3. The molecule has 1 aliphatic heterocycles. The van der Waals surface area contributed by atoms with Gasteiger partial charge in [0, 0.05) is 13.1 Å². The molecule has 1 aromatic carbocycles. The first kappa shape index (κ1) is 14.9. The lowest BCUT2D eigenvalue weighted by molar-refractivity contribution is -0.200. The average molecular weight is 289 g/mol. The highest BCUT2D eigenvalue weighted by atomic mass is 16.5. The van der Waals surface area contributed by atoms with Crippen LogP contribution in [0.15, 0.2) is 18.2 Å². The van der Waals surface area contributed by atoms with Gasteiger partial charge in [0.15, 0.2) is 0 Å². The minimum atomic E-state index is -0.170. The molecule has 1 aromatic rings. The van der Waals surface area contributed by atoms with Crippen molar-refractivity contribution in [3.05, 3.63) is 29.3 Å². The molecule has 3 rings (SSSR count). The average Bonchev–Trinajstić information content (AvgIpc) is 2.47. The number of ether oxygens (including phenoxy) is 2. The van der Waals surface area contributed by atoms with E-state index < -0.39 is 0 Å². The number of benzene rings is 1. The topological polar surface area (TPSA) is 30.5 Å². The second-order valence-corrected chi connectivity index (χ2v) is 7.04. The van der Waals surface area contributed by atoms with Gasteiger partial charge in [0.1, 0.15) is 11.4 Å². The molecule has 0 saturated carbocycles. The van der Waals surface area contributed by atoms with Crippen molar-refractivity contribution in [1.82, 2.24) is 5.32 Å². The van der Waals surface area contributed by atoms with Crippen LogP contribution in [0.4, 0.5) is 0 Å². The number of fused-ring (bicyclic) bond motifs is 2. The van der Waals surface area contributed by atoms with E-state index in [1.807, 2.05) is 0 Å². The molecule has 0 bridgehead atoms. The number of hydrogen-bond acceptors (Lipinski definition) is 3. The fourth-order valence-electron chi connectivity index (χ4n) is 3.69. The Morgan fingerprint density at radius 2 is 2.10 bits per heavy atom. The molecule has 0 aromatic heterocycles. The van der Waals surface area contributed by atoms with E-state index in [0.717, 1.165) is 31.7 Å². The van der Waals surface area contributed by atoms with Gasteiger partial charge in [-0.2, -0.15) is 0 Å². The van der Waals surface area contributed by atoms with Gasteiger partial charge < -0.3 is 14.8 Å². The zero-order chi connectivity index (χ0) is 15.1. The minimum Gasteiger partial charge on any atom is -0.497 e. The number of methoxy groups -OCH3 is 1. The van der Waals surface area contributed by atoms with Crippen molar-refractivity contribution in [2.75, 3.05) is 20.2 Å². The quantitative estimate of drug-likeness (QED) is 0.906. The van der Waals surface area contributed by atoms with Crippen molar-refractivity contribution in [2.24, 2.45) is 5.92 Å². The van der Waals surface area contributed by atoms with Gasteiger partial charge in [-0.15, -0.1) is 0 Å². The summed E-state index contributed by atoms with van der Waals surface area (Å²) in [5, 5.41) is 3.63. The highest BCUT2D eigenvalue weighted by Gasteiger charge is 2.47. The smallest absolute Gasteiger partial charge is 0.119 e. The van der Waals surface area contributed by atoms with Crippen LogP contribution in [0.25, 0.3) is 0 Å². The van der Waals surface area contributed by atoms with Crippen LogP contribution in [0.1, 0.15) is 44.7 Å². The molecule has 2 unspecified atom stereocenters. The molecule has 3 heteroatoms. The molecule has 1 N–H and O–H groups in total. The van der Waals surface area contributed by atoms with E-state index in [4.69, 9.17) is 9.47 Å². The molecule has 2 atom stereocenters. The van der Waals surface area contributed by atoms with Crippen LogP contribution in [0.3, 0.4) is 0 Å². The van der Waals surface area contributed by atoms with Crippen LogP contribution >= 0.6 is 0 Å². The van der Waals surface area contributed by atoms with E-state index in [1.165, 1.54) is 17.5 Å². The lowest BCUT2D eigenvalue weighted by Crippen LogP contribution is -2.60. The Hall–Kier alpha value is -1.06. The van der Waals surface area contributed by atoms with Crippen molar-refractivity contribution in [3.63, 3.8) is 0 Å². The van der Waals surface area contributed by atoms with E-state index in [-0.39, 0.29) is 11.2 Å². The van der Waals surface area contributed by atoms with Crippen LogP contribution in [0, 0.1) is 5.92 Å². The van der Waals surface area contributed by atoms with Crippen LogP contribution in [0.2, 0.25) is 0 Å². The van der Waals surface area contributed by atoms with Crippen molar-refractivity contribution < 1.29 is 9.47 Å². The van der Waals surface area contributed by atoms with Crippen LogP contribution in [-0.4, -0.2) is 25.8 Å². The molecular weight excluding hydrogens is 262 g/mol. The molecular formula is C18H27NO2. The fraction of sp³-hybridized carbons (Fsp3) is 0.667. The van der Waals surface area contributed by atoms with Gasteiger partial charge in [-0.25, -0.2) is 0 Å². The number of hydrogen-bond donors (Lipinski definition) is 1. The first-order chi connectivity index (χ1) is 9.99. The summed E-state index contributed by atoms with van der Waals surface area (Å²) in [5.74, 6) is 1.44. The largest absolute Gasteiger partial charge is 0.497 e. The molecule has 1 spiro atoms. The molecule has 1 aliphatic carbocycles. The van der Waals surface area contributed by atoms with Crippen LogP contribution in [-0.2, 0) is 16.8 Å². The van der Waals surface area contributed by atoms with Gasteiger partial charge >= 0.3 is 0 Å². The number of nitrogens with one attached hydrogen (secondary N) is 1. The summed E-state index contributed by atoms with van der Waals surface area (Å²) in [5.41, 5.74) is 2.47. The number of rotatable bonds is 2. The lowest BCUT2D eigenvalue weighted by Gasteiger charge is -2.51. The van der Waals surface area contributed by atoms with Gasteiger partial charge in [0.25, 0.3) is 0 Å². The highest BCUT2D eigenvalue weighted by Crippen LogP contribution is 2.45. The monoisotopic (exact) mass is 289 g/mol. The number of morpholine rings is 1. The molecule has 1 saturated heterocycles. The second kappa shape index (κ2) is 5.29. The van der Waals surface area contributed by atoms with E-state index >= 15 is 0 Å². The Morgan fingerprint density at radius 3 is 2.81 bits per heavy atom. The maximum Gasteiger partial charge on any atom is 0.119 e. The van der Waals surface area contributed by atoms with E-state index in [1.54, 1.807) is 7.11 Å². The Bertz CT molecular complexity index is 528. The van der Waals surface area contributed by atoms with Gasteiger partial charge in [0.05, 0.1) is 12.7 Å². The Labute approximate surface area is 128 Å². The highest BCUT2D eigenvalue weighted by molar-refractivity contribution is 5.41. The van der Waals surface area contributed by atoms with Gasteiger partial charge in [-0.3, -0.25) is 0 Å². The Balaban J connectivity index is 2.00. The Kier molecular flexibility index (Phi) is 3.74. The molecule has 1 heterocycles. The molecule has 0 amide bonds. The second-order valence-electron chi connectivity index (χ2n) is 7.04. The van der Waals surface area contributed by atoms with Crippen molar-refractivity contribution >= 4 is 0 Å². The third-order valence-corrected chi connectivity index (χ3v) is 5.37. The maximum atomic E-state index is 6.76. The first-order valence-electron chi connectivity index (χ1n) is 8.07. The zero-order valence-electron chi connectivity index (χ0n) is 13.7. The van der Waals surface area contributed by atoms with Gasteiger partial charge in [0.2, 0.25) is 0 Å². The zero-order valence-corrected chi connectivity index (χ0v) is 13.7. The molecule has 2 aliphatic rings. The third-order valence-electron chi connectivity index (χ3n) is 5.37. The van der Waals surface area contributed by atoms with Gasteiger partial charge in [-0.05, 0) is 55.4 Å². The number of aryl methyl sites for hydroxylation is 1. The summed E-state index contributed by atoms with van der Waals surface area (Å²) < 4.78 is 12.1.